The van der Waals surface area contributed by atoms with E-state index >= 15 is 0 Å². The summed E-state index contributed by atoms with van der Waals surface area (Å²) in [4.78, 5) is 8.47. The molecule has 0 spiro atoms. The summed E-state index contributed by atoms with van der Waals surface area (Å²) < 4.78 is 5.21. The smallest absolute Gasteiger partial charge is 0.186 e. The first-order valence-corrected chi connectivity index (χ1v) is 8.16. The maximum absolute atomic E-state index is 6.34. The Morgan fingerprint density at radius 2 is 2.20 bits per heavy atom. The van der Waals surface area contributed by atoms with E-state index in [4.69, 9.17) is 15.5 Å². The van der Waals surface area contributed by atoms with E-state index in [1.165, 1.54) is 10.6 Å². The monoisotopic (exact) mass is 297 g/mol. The highest BCUT2D eigenvalue weighted by Gasteiger charge is 2.34. The molecule has 2 rings (SSSR count). The van der Waals surface area contributed by atoms with Crippen LogP contribution in [-0.4, -0.2) is 31.3 Å². The van der Waals surface area contributed by atoms with Crippen LogP contribution in [0.4, 0.5) is 5.13 Å². The first kappa shape index (κ1) is 15.7. The van der Waals surface area contributed by atoms with Crippen LogP contribution >= 0.6 is 11.3 Å². The van der Waals surface area contributed by atoms with Gasteiger partial charge in [-0.2, -0.15) is 0 Å². The van der Waals surface area contributed by atoms with Gasteiger partial charge in [-0.3, -0.25) is 0 Å². The molecule has 1 aromatic rings. The number of hydrogen-bond acceptors (Lipinski definition) is 5. The van der Waals surface area contributed by atoms with Gasteiger partial charge in [0.2, 0.25) is 0 Å². The number of rotatable bonds is 5. The van der Waals surface area contributed by atoms with Gasteiger partial charge in [0, 0.05) is 30.6 Å². The van der Waals surface area contributed by atoms with Crippen molar-refractivity contribution >= 4 is 16.5 Å². The number of fused-ring (bicyclic) bond motifs is 1. The predicted octanol–water partition coefficient (Wildman–Crippen LogP) is 2.98. The molecule has 2 N–H and O–H groups in total. The molecule has 0 saturated carbocycles. The molecule has 5 heteroatoms. The van der Waals surface area contributed by atoms with Crippen molar-refractivity contribution < 1.29 is 4.74 Å². The largest absolute Gasteiger partial charge is 0.383 e. The fourth-order valence-electron chi connectivity index (χ4n) is 2.87. The lowest BCUT2D eigenvalue weighted by Crippen LogP contribution is -2.33. The minimum atomic E-state index is 0.136. The Balaban J connectivity index is 2.26. The Hall–Kier alpha value is -0.650. The van der Waals surface area contributed by atoms with Crippen LogP contribution in [0.3, 0.4) is 0 Å². The fourth-order valence-corrected chi connectivity index (χ4v) is 4.11. The van der Waals surface area contributed by atoms with Gasteiger partial charge in [-0.25, -0.2) is 4.98 Å². The van der Waals surface area contributed by atoms with Crippen molar-refractivity contribution in [1.82, 2.24) is 4.98 Å². The number of ether oxygens (including phenoxy) is 1. The van der Waals surface area contributed by atoms with Gasteiger partial charge in [-0.1, -0.05) is 25.2 Å². The molecule has 4 nitrogen and oxygen atoms in total. The fraction of sp³-hybridized carbons (Fsp3) is 0.800. The summed E-state index contributed by atoms with van der Waals surface area (Å²) in [5, 5.41) is 1.09. The summed E-state index contributed by atoms with van der Waals surface area (Å²) in [6, 6.07) is 0.554. The lowest BCUT2D eigenvalue weighted by molar-refractivity contribution is 0.204. The lowest BCUT2D eigenvalue weighted by atomic mass is 9.77. The lowest BCUT2D eigenvalue weighted by Gasteiger charge is -2.32. The van der Waals surface area contributed by atoms with Gasteiger partial charge in [-0.05, 0) is 32.1 Å². The van der Waals surface area contributed by atoms with Gasteiger partial charge in [0.05, 0.1) is 12.3 Å². The summed E-state index contributed by atoms with van der Waals surface area (Å²) in [5.74, 6) is 0. The van der Waals surface area contributed by atoms with E-state index in [0.29, 0.717) is 6.04 Å². The molecular formula is C15H27N3OS. The highest BCUT2D eigenvalue weighted by atomic mass is 32.1. The van der Waals surface area contributed by atoms with Crippen molar-refractivity contribution in [3.8, 4) is 0 Å². The van der Waals surface area contributed by atoms with E-state index in [1.54, 1.807) is 18.4 Å². The summed E-state index contributed by atoms with van der Waals surface area (Å²) in [6.45, 7) is 10.5. The maximum atomic E-state index is 6.34. The number of hydrogen-bond donors (Lipinski definition) is 1. The molecule has 20 heavy (non-hydrogen) atoms. The van der Waals surface area contributed by atoms with Gasteiger partial charge < -0.3 is 15.4 Å². The van der Waals surface area contributed by atoms with E-state index in [1.807, 2.05) is 0 Å². The molecule has 1 unspecified atom stereocenters. The van der Waals surface area contributed by atoms with Gasteiger partial charge in [-0.15, -0.1) is 0 Å². The zero-order valence-corrected chi connectivity index (χ0v) is 14.1. The molecule has 0 aromatic carbocycles. The standard InChI is InChI=1S/C15H27N3OS/c1-10(2)18(6-7-19-5)14-17-12-9-15(3,4)8-11(16)13(12)20-14/h10-11H,6-9,16H2,1-5H3. The predicted molar refractivity (Wildman–Crippen MR) is 85.5 cm³/mol. The Bertz CT molecular complexity index is 456. The second kappa shape index (κ2) is 6.00. The number of methoxy groups -OCH3 is 1. The average Bonchev–Trinajstić information content (AvgIpc) is 2.71. The van der Waals surface area contributed by atoms with Crippen molar-refractivity contribution in [2.75, 3.05) is 25.2 Å². The molecule has 1 heterocycles. The van der Waals surface area contributed by atoms with Crippen LogP contribution in [0.15, 0.2) is 0 Å². The van der Waals surface area contributed by atoms with E-state index in [9.17, 15) is 0 Å². The first-order chi connectivity index (χ1) is 9.34. The number of nitrogens with zero attached hydrogens (tertiary/aromatic N) is 2. The van der Waals surface area contributed by atoms with Crippen LogP contribution in [-0.2, 0) is 11.2 Å². The number of aromatic nitrogens is 1. The summed E-state index contributed by atoms with van der Waals surface area (Å²) in [6.07, 6.45) is 2.07. The second-order valence-electron chi connectivity index (χ2n) is 6.74. The third kappa shape index (κ3) is 3.32. The molecule has 0 radical (unpaired) electrons. The van der Waals surface area contributed by atoms with Gasteiger partial charge in [0.25, 0.3) is 0 Å². The molecule has 0 bridgehead atoms. The highest BCUT2D eigenvalue weighted by molar-refractivity contribution is 7.15. The Morgan fingerprint density at radius 1 is 1.50 bits per heavy atom. The zero-order chi connectivity index (χ0) is 14.9. The molecule has 114 valence electrons. The molecule has 0 amide bonds. The molecule has 1 aliphatic carbocycles. The van der Waals surface area contributed by atoms with Crippen molar-refractivity contribution in [2.24, 2.45) is 11.1 Å². The topological polar surface area (TPSA) is 51.4 Å². The third-order valence-corrected chi connectivity index (χ3v) is 5.14. The molecule has 0 fully saturated rings. The van der Waals surface area contributed by atoms with E-state index in [2.05, 4.69) is 32.6 Å². The van der Waals surface area contributed by atoms with E-state index in [-0.39, 0.29) is 11.5 Å². The van der Waals surface area contributed by atoms with Crippen LogP contribution in [0.2, 0.25) is 0 Å². The molecular weight excluding hydrogens is 270 g/mol. The summed E-state index contributed by atoms with van der Waals surface area (Å²) in [7, 11) is 1.74. The van der Waals surface area contributed by atoms with Gasteiger partial charge in [0.1, 0.15) is 0 Å². The highest BCUT2D eigenvalue weighted by Crippen LogP contribution is 2.43. The third-order valence-electron chi connectivity index (χ3n) is 3.88. The molecule has 1 atom stereocenters. The average molecular weight is 297 g/mol. The second-order valence-corrected chi connectivity index (χ2v) is 7.75. The quantitative estimate of drug-likeness (QED) is 0.908. The first-order valence-electron chi connectivity index (χ1n) is 7.35. The summed E-state index contributed by atoms with van der Waals surface area (Å²) in [5.41, 5.74) is 7.80. The Morgan fingerprint density at radius 3 is 2.80 bits per heavy atom. The molecule has 0 aliphatic heterocycles. The Labute approximate surface area is 126 Å². The number of nitrogens with two attached hydrogens (primary N) is 1. The van der Waals surface area contributed by atoms with Crippen molar-refractivity contribution in [2.45, 2.75) is 52.6 Å². The van der Waals surface area contributed by atoms with Gasteiger partial charge >= 0.3 is 0 Å². The van der Waals surface area contributed by atoms with Crippen LogP contribution in [0.5, 0.6) is 0 Å². The van der Waals surface area contributed by atoms with Gasteiger partial charge in [0.15, 0.2) is 5.13 Å². The van der Waals surface area contributed by atoms with Crippen LogP contribution in [0.25, 0.3) is 0 Å². The van der Waals surface area contributed by atoms with Crippen molar-refractivity contribution in [1.29, 1.82) is 0 Å². The number of anilines is 1. The normalized spacial score (nSPS) is 21.1. The van der Waals surface area contributed by atoms with E-state index < -0.39 is 0 Å². The van der Waals surface area contributed by atoms with Crippen molar-refractivity contribution in [3.63, 3.8) is 0 Å². The molecule has 1 aliphatic rings. The van der Waals surface area contributed by atoms with E-state index in [0.717, 1.165) is 31.1 Å². The zero-order valence-electron chi connectivity index (χ0n) is 13.3. The van der Waals surface area contributed by atoms with Crippen molar-refractivity contribution in [3.05, 3.63) is 10.6 Å². The van der Waals surface area contributed by atoms with Crippen LogP contribution < -0.4 is 10.6 Å². The van der Waals surface area contributed by atoms with Crippen LogP contribution in [0, 0.1) is 5.41 Å². The Kier molecular flexibility index (Phi) is 4.72. The minimum Gasteiger partial charge on any atom is -0.383 e. The minimum absolute atomic E-state index is 0.136. The van der Waals surface area contributed by atoms with Crippen LogP contribution in [0.1, 0.15) is 50.7 Å². The molecule has 0 saturated heterocycles. The maximum Gasteiger partial charge on any atom is 0.186 e. The SMILES string of the molecule is COCCN(c1nc2c(s1)C(N)CC(C)(C)C2)C(C)C. The number of thiazole rings is 1. The molecule has 1 aromatic heterocycles. The summed E-state index contributed by atoms with van der Waals surface area (Å²) >= 11 is 1.77.